The average Bonchev–Trinajstić information content (AvgIpc) is 2.70. The fraction of sp³-hybridized carbons (Fsp3) is 0.455. The molecule has 3 unspecified atom stereocenters. The summed E-state index contributed by atoms with van der Waals surface area (Å²) in [6.07, 6.45) is 3.44. The molecular weight excluding hydrogens is 278 g/mol. The number of hydrogen-bond donors (Lipinski definition) is 1. The topological polar surface area (TPSA) is 26.0 Å². The fourth-order valence-electron chi connectivity index (χ4n) is 3.97. The summed E-state index contributed by atoms with van der Waals surface area (Å²) in [4.78, 5) is 0. The fourth-order valence-corrected chi connectivity index (χ4v) is 3.97. The van der Waals surface area contributed by atoms with Crippen molar-refractivity contribution in [3.8, 4) is 11.1 Å². The summed E-state index contributed by atoms with van der Waals surface area (Å²) < 4.78 is 0. The molecule has 0 aliphatic heterocycles. The van der Waals surface area contributed by atoms with Crippen molar-refractivity contribution in [2.24, 2.45) is 11.7 Å². The maximum Gasteiger partial charge on any atom is 0.0151 e. The zero-order valence-corrected chi connectivity index (χ0v) is 15.0. The SMILES string of the molecule is CC.CCCC(C)C1c2ccccc2-c2ccccc2CC1N. The lowest BCUT2D eigenvalue weighted by molar-refractivity contribution is 0.369. The molecule has 1 aliphatic carbocycles. The van der Waals surface area contributed by atoms with E-state index in [4.69, 9.17) is 5.73 Å². The van der Waals surface area contributed by atoms with Crippen LogP contribution in [0.4, 0.5) is 0 Å². The molecule has 2 N–H and O–H groups in total. The molecule has 0 spiro atoms. The molecule has 0 amide bonds. The van der Waals surface area contributed by atoms with E-state index in [1.165, 1.54) is 35.1 Å². The summed E-state index contributed by atoms with van der Waals surface area (Å²) in [5, 5.41) is 0. The summed E-state index contributed by atoms with van der Waals surface area (Å²) in [5.74, 6) is 1.08. The molecule has 0 saturated heterocycles. The van der Waals surface area contributed by atoms with Gasteiger partial charge in [0.25, 0.3) is 0 Å². The highest BCUT2D eigenvalue weighted by atomic mass is 14.7. The Kier molecular flexibility index (Phi) is 6.41. The molecule has 3 atom stereocenters. The van der Waals surface area contributed by atoms with Crippen LogP contribution in [0.3, 0.4) is 0 Å². The van der Waals surface area contributed by atoms with Crippen LogP contribution in [0.25, 0.3) is 11.1 Å². The average molecular weight is 309 g/mol. The highest BCUT2D eigenvalue weighted by molar-refractivity contribution is 5.72. The van der Waals surface area contributed by atoms with Gasteiger partial charge in [0, 0.05) is 12.0 Å². The summed E-state index contributed by atoms with van der Waals surface area (Å²) in [5.41, 5.74) is 12.2. The molecule has 0 radical (unpaired) electrons. The smallest absolute Gasteiger partial charge is 0.0151 e. The Labute approximate surface area is 141 Å². The van der Waals surface area contributed by atoms with E-state index in [0.717, 1.165) is 6.42 Å². The lowest BCUT2D eigenvalue weighted by Crippen LogP contribution is -2.33. The quantitative estimate of drug-likeness (QED) is 0.763. The van der Waals surface area contributed by atoms with Gasteiger partial charge < -0.3 is 5.73 Å². The highest BCUT2D eigenvalue weighted by Crippen LogP contribution is 2.41. The third-order valence-corrected chi connectivity index (χ3v) is 4.90. The molecule has 23 heavy (non-hydrogen) atoms. The summed E-state index contributed by atoms with van der Waals surface area (Å²) in [6.45, 7) is 8.63. The number of hydrogen-bond acceptors (Lipinski definition) is 1. The molecule has 0 bridgehead atoms. The summed E-state index contributed by atoms with van der Waals surface area (Å²) in [7, 11) is 0. The highest BCUT2D eigenvalue weighted by Gasteiger charge is 2.31. The van der Waals surface area contributed by atoms with Crippen molar-refractivity contribution < 1.29 is 0 Å². The van der Waals surface area contributed by atoms with Crippen LogP contribution in [0.15, 0.2) is 48.5 Å². The van der Waals surface area contributed by atoms with Gasteiger partial charge in [0.2, 0.25) is 0 Å². The first-order chi connectivity index (χ1) is 11.2. The van der Waals surface area contributed by atoms with Gasteiger partial charge in [-0.2, -0.15) is 0 Å². The minimum absolute atomic E-state index is 0.205. The van der Waals surface area contributed by atoms with E-state index in [2.05, 4.69) is 62.4 Å². The first-order valence-corrected chi connectivity index (χ1v) is 9.15. The summed E-state index contributed by atoms with van der Waals surface area (Å²) >= 11 is 0. The van der Waals surface area contributed by atoms with Crippen LogP contribution in [0.2, 0.25) is 0 Å². The second-order valence-corrected chi connectivity index (χ2v) is 6.40. The van der Waals surface area contributed by atoms with Crippen LogP contribution in [0.1, 0.15) is 57.6 Å². The van der Waals surface area contributed by atoms with Gasteiger partial charge in [-0.05, 0) is 34.6 Å². The van der Waals surface area contributed by atoms with E-state index in [1.54, 1.807) is 0 Å². The van der Waals surface area contributed by atoms with Crippen molar-refractivity contribution in [1.29, 1.82) is 0 Å². The van der Waals surface area contributed by atoms with Crippen molar-refractivity contribution in [2.75, 3.05) is 0 Å². The van der Waals surface area contributed by atoms with Crippen LogP contribution in [0.5, 0.6) is 0 Å². The standard InChI is InChI=1S/C20H25N.C2H6/c1-3-8-14(2)20-18-12-7-6-11-17(18)16-10-5-4-9-15(16)13-19(20)21;1-2/h4-7,9-12,14,19-20H,3,8,13,21H2,1-2H3;1-2H3. The van der Waals surface area contributed by atoms with Crippen LogP contribution >= 0.6 is 0 Å². The maximum atomic E-state index is 6.64. The molecule has 0 saturated carbocycles. The predicted molar refractivity (Wildman–Crippen MR) is 102 cm³/mol. The molecule has 1 aliphatic rings. The van der Waals surface area contributed by atoms with Crippen LogP contribution < -0.4 is 5.73 Å². The Balaban J connectivity index is 0.000000924. The lowest BCUT2D eigenvalue weighted by Gasteiger charge is -2.29. The van der Waals surface area contributed by atoms with E-state index in [-0.39, 0.29) is 6.04 Å². The Morgan fingerprint density at radius 1 is 1.00 bits per heavy atom. The second kappa shape index (κ2) is 8.31. The number of rotatable bonds is 3. The van der Waals surface area contributed by atoms with Crippen molar-refractivity contribution in [1.82, 2.24) is 0 Å². The van der Waals surface area contributed by atoms with Gasteiger partial charge in [-0.25, -0.2) is 0 Å². The Morgan fingerprint density at radius 2 is 1.61 bits per heavy atom. The van der Waals surface area contributed by atoms with E-state index < -0.39 is 0 Å². The van der Waals surface area contributed by atoms with Gasteiger partial charge in [-0.15, -0.1) is 0 Å². The van der Waals surface area contributed by atoms with Crippen LogP contribution in [-0.4, -0.2) is 6.04 Å². The Bertz CT molecular complexity index is 617. The molecule has 2 aromatic carbocycles. The summed E-state index contributed by atoms with van der Waals surface area (Å²) in [6, 6.07) is 17.8. The van der Waals surface area contributed by atoms with Gasteiger partial charge in [-0.3, -0.25) is 0 Å². The van der Waals surface area contributed by atoms with Gasteiger partial charge >= 0.3 is 0 Å². The minimum atomic E-state index is 0.205. The first kappa shape index (κ1) is 17.7. The monoisotopic (exact) mass is 309 g/mol. The van der Waals surface area contributed by atoms with Gasteiger partial charge in [0.15, 0.2) is 0 Å². The molecule has 124 valence electrons. The van der Waals surface area contributed by atoms with E-state index >= 15 is 0 Å². The minimum Gasteiger partial charge on any atom is -0.327 e. The molecular formula is C22H31N. The maximum absolute atomic E-state index is 6.64. The van der Waals surface area contributed by atoms with Crippen LogP contribution in [-0.2, 0) is 6.42 Å². The molecule has 0 heterocycles. The molecule has 0 fully saturated rings. The molecule has 2 aromatic rings. The van der Waals surface area contributed by atoms with Crippen molar-refractivity contribution >= 4 is 0 Å². The number of fused-ring (bicyclic) bond motifs is 3. The molecule has 1 nitrogen and oxygen atoms in total. The van der Waals surface area contributed by atoms with E-state index in [1.807, 2.05) is 13.8 Å². The van der Waals surface area contributed by atoms with Crippen molar-refractivity contribution in [3.63, 3.8) is 0 Å². The van der Waals surface area contributed by atoms with Gasteiger partial charge in [0.05, 0.1) is 0 Å². The Hall–Kier alpha value is -1.60. The van der Waals surface area contributed by atoms with Crippen molar-refractivity contribution in [2.45, 2.75) is 58.9 Å². The zero-order valence-electron chi connectivity index (χ0n) is 15.0. The third kappa shape index (κ3) is 3.67. The molecule has 1 heteroatoms. The predicted octanol–water partition coefficient (Wildman–Crippen LogP) is 5.78. The van der Waals surface area contributed by atoms with Crippen LogP contribution in [0, 0.1) is 5.92 Å². The van der Waals surface area contributed by atoms with E-state index in [9.17, 15) is 0 Å². The number of benzene rings is 2. The normalized spacial score (nSPS) is 20.4. The second-order valence-electron chi connectivity index (χ2n) is 6.40. The van der Waals surface area contributed by atoms with E-state index in [0.29, 0.717) is 11.8 Å². The largest absolute Gasteiger partial charge is 0.327 e. The van der Waals surface area contributed by atoms with Gasteiger partial charge in [0.1, 0.15) is 0 Å². The molecule has 3 rings (SSSR count). The first-order valence-electron chi connectivity index (χ1n) is 9.15. The lowest BCUT2D eigenvalue weighted by atomic mass is 9.78. The zero-order chi connectivity index (χ0) is 16.8. The number of nitrogens with two attached hydrogens (primary N) is 1. The molecule has 0 aromatic heterocycles. The third-order valence-electron chi connectivity index (χ3n) is 4.90. The van der Waals surface area contributed by atoms with Gasteiger partial charge in [-0.1, -0.05) is 89.1 Å². The Morgan fingerprint density at radius 3 is 2.30 bits per heavy atom. The van der Waals surface area contributed by atoms with Crippen molar-refractivity contribution in [3.05, 3.63) is 59.7 Å².